The molecule has 0 radical (unpaired) electrons. The number of carbonyl (C=O) groups excluding carboxylic acids is 1. The Morgan fingerprint density at radius 2 is 2.12 bits per heavy atom. The minimum Gasteiger partial charge on any atom is -0.345 e. The highest BCUT2D eigenvalue weighted by Gasteiger charge is 2.11. The summed E-state index contributed by atoms with van der Waals surface area (Å²) in [6, 6.07) is 10.4. The molecule has 2 N–H and O–H groups in total. The van der Waals surface area contributed by atoms with Crippen LogP contribution < -0.4 is 5.32 Å². The van der Waals surface area contributed by atoms with Gasteiger partial charge in [0.05, 0.1) is 18.3 Å². The van der Waals surface area contributed by atoms with E-state index in [9.17, 15) is 4.79 Å². The van der Waals surface area contributed by atoms with Gasteiger partial charge in [0.1, 0.15) is 5.82 Å². The van der Waals surface area contributed by atoms with E-state index in [-0.39, 0.29) is 5.91 Å². The van der Waals surface area contributed by atoms with Crippen LogP contribution >= 0.6 is 0 Å². The van der Waals surface area contributed by atoms with Crippen LogP contribution in [0.15, 0.2) is 48.9 Å². The molecule has 0 aliphatic rings. The predicted molar refractivity (Wildman–Crippen MR) is 91.5 cm³/mol. The second kappa shape index (κ2) is 7.59. The number of benzene rings is 1. The lowest BCUT2D eigenvalue weighted by Crippen LogP contribution is -2.25. The van der Waals surface area contributed by atoms with Gasteiger partial charge < -0.3 is 9.88 Å². The van der Waals surface area contributed by atoms with Gasteiger partial charge in [-0.1, -0.05) is 30.3 Å². The summed E-state index contributed by atoms with van der Waals surface area (Å²) in [6.45, 7) is 3.11. The smallest absolute Gasteiger partial charge is 0.255 e. The normalized spacial score (nSPS) is 10.7. The first-order chi connectivity index (χ1) is 11.7. The number of imidazole rings is 1. The minimum atomic E-state index is -0.139. The molecule has 6 heteroatoms. The topological polar surface area (TPSA) is 75.6 Å². The van der Waals surface area contributed by atoms with Crippen molar-refractivity contribution < 1.29 is 4.79 Å². The molecule has 3 rings (SSSR count). The van der Waals surface area contributed by atoms with Crippen molar-refractivity contribution in [2.75, 3.05) is 0 Å². The Balaban J connectivity index is 1.52. The van der Waals surface area contributed by atoms with Crippen LogP contribution in [0.1, 0.15) is 33.9 Å². The van der Waals surface area contributed by atoms with Gasteiger partial charge in [0.15, 0.2) is 0 Å². The Morgan fingerprint density at radius 1 is 1.29 bits per heavy atom. The van der Waals surface area contributed by atoms with Crippen LogP contribution in [0.25, 0.3) is 0 Å². The summed E-state index contributed by atoms with van der Waals surface area (Å²) in [4.78, 5) is 16.5. The van der Waals surface area contributed by atoms with Crippen molar-refractivity contribution in [2.24, 2.45) is 0 Å². The number of amides is 1. The van der Waals surface area contributed by atoms with Gasteiger partial charge in [-0.25, -0.2) is 4.98 Å². The van der Waals surface area contributed by atoms with Crippen LogP contribution in [-0.2, 0) is 19.5 Å². The van der Waals surface area contributed by atoms with E-state index in [4.69, 9.17) is 0 Å². The molecule has 124 valence electrons. The van der Waals surface area contributed by atoms with Crippen molar-refractivity contribution in [3.05, 3.63) is 71.6 Å². The molecule has 0 spiro atoms. The lowest BCUT2D eigenvalue weighted by atomic mass is 10.1. The Labute approximate surface area is 140 Å². The third kappa shape index (κ3) is 3.90. The lowest BCUT2D eigenvalue weighted by molar-refractivity contribution is 0.0949. The molecule has 0 atom stereocenters. The van der Waals surface area contributed by atoms with Gasteiger partial charge >= 0.3 is 0 Å². The van der Waals surface area contributed by atoms with E-state index in [0.717, 1.165) is 30.9 Å². The third-order valence-corrected chi connectivity index (χ3v) is 3.99. The van der Waals surface area contributed by atoms with Crippen LogP contribution in [-0.4, -0.2) is 25.7 Å². The van der Waals surface area contributed by atoms with E-state index in [1.807, 2.05) is 19.2 Å². The molecule has 1 amide bonds. The zero-order valence-electron chi connectivity index (χ0n) is 13.7. The zero-order valence-corrected chi connectivity index (χ0v) is 13.7. The summed E-state index contributed by atoms with van der Waals surface area (Å²) in [7, 11) is 0. The molecule has 2 aromatic heterocycles. The monoisotopic (exact) mass is 323 g/mol. The molecule has 0 aliphatic carbocycles. The maximum absolute atomic E-state index is 12.1. The van der Waals surface area contributed by atoms with Gasteiger partial charge in [-0.05, 0) is 25.3 Å². The van der Waals surface area contributed by atoms with E-state index >= 15 is 0 Å². The Hall–Kier alpha value is -2.89. The fourth-order valence-corrected chi connectivity index (χ4v) is 2.64. The number of aryl methyl sites for hydroxylation is 3. The number of hydrogen-bond acceptors (Lipinski definition) is 3. The molecule has 0 saturated heterocycles. The molecule has 24 heavy (non-hydrogen) atoms. The van der Waals surface area contributed by atoms with Gasteiger partial charge in [-0.2, -0.15) is 5.10 Å². The molecule has 0 unspecified atom stereocenters. The zero-order chi connectivity index (χ0) is 16.8. The number of rotatable bonds is 7. The van der Waals surface area contributed by atoms with Gasteiger partial charge in [0.2, 0.25) is 0 Å². The standard InChI is InChI=1S/C18H21N5O/c1-14-16(12-21-22-14)18(24)20-13-17-19-9-11-23(17)10-5-8-15-6-3-2-4-7-15/h2-4,6-7,9,11-12H,5,8,10,13H2,1H3,(H,20,24)(H,21,22). The summed E-state index contributed by atoms with van der Waals surface area (Å²) in [5.74, 6) is 0.720. The molecule has 6 nitrogen and oxygen atoms in total. The summed E-state index contributed by atoms with van der Waals surface area (Å²) in [6.07, 6.45) is 7.32. The SMILES string of the molecule is Cc1[nH]ncc1C(=O)NCc1nccn1CCCc1ccccc1. The lowest BCUT2D eigenvalue weighted by Gasteiger charge is -2.09. The van der Waals surface area contributed by atoms with Crippen molar-refractivity contribution in [1.29, 1.82) is 0 Å². The van der Waals surface area contributed by atoms with E-state index in [1.54, 1.807) is 6.20 Å². The maximum atomic E-state index is 12.1. The molecule has 0 saturated carbocycles. The number of H-pyrrole nitrogens is 1. The highest BCUT2D eigenvalue weighted by molar-refractivity contribution is 5.94. The molecular formula is C18H21N5O. The van der Waals surface area contributed by atoms with E-state index in [1.165, 1.54) is 11.8 Å². The van der Waals surface area contributed by atoms with Crippen LogP contribution in [0.2, 0.25) is 0 Å². The van der Waals surface area contributed by atoms with Gasteiger partial charge in [0, 0.05) is 24.6 Å². The quantitative estimate of drug-likeness (QED) is 0.701. The van der Waals surface area contributed by atoms with E-state index in [2.05, 4.69) is 49.3 Å². The molecule has 3 aromatic rings. The maximum Gasteiger partial charge on any atom is 0.255 e. The first-order valence-electron chi connectivity index (χ1n) is 8.06. The van der Waals surface area contributed by atoms with Crippen LogP contribution in [0.3, 0.4) is 0 Å². The minimum absolute atomic E-state index is 0.139. The fourth-order valence-electron chi connectivity index (χ4n) is 2.64. The van der Waals surface area contributed by atoms with E-state index in [0.29, 0.717) is 12.1 Å². The van der Waals surface area contributed by atoms with Crippen LogP contribution in [0.4, 0.5) is 0 Å². The second-order valence-corrected chi connectivity index (χ2v) is 5.72. The van der Waals surface area contributed by atoms with Crippen molar-refractivity contribution in [3.63, 3.8) is 0 Å². The van der Waals surface area contributed by atoms with Gasteiger partial charge in [-0.15, -0.1) is 0 Å². The summed E-state index contributed by atoms with van der Waals surface area (Å²) < 4.78 is 2.09. The number of nitrogens with one attached hydrogen (secondary N) is 2. The first kappa shape index (κ1) is 16.0. The summed E-state index contributed by atoms with van der Waals surface area (Å²) >= 11 is 0. The Bertz CT molecular complexity index is 791. The third-order valence-electron chi connectivity index (χ3n) is 3.99. The molecular weight excluding hydrogens is 302 g/mol. The number of hydrogen-bond donors (Lipinski definition) is 2. The molecule has 2 heterocycles. The number of nitrogens with zero attached hydrogens (tertiary/aromatic N) is 3. The second-order valence-electron chi connectivity index (χ2n) is 5.72. The van der Waals surface area contributed by atoms with Crippen molar-refractivity contribution in [1.82, 2.24) is 25.1 Å². The van der Waals surface area contributed by atoms with Crippen molar-refractivity contribution >= 4 is 5.91 Å². The van der Waals surface area contributed by atoms with Crippen molar-refractivity contribution in [2.45, 2.75) is 32.9 Å². The Kier molecular flexibility index (Phi) is 5.05. The van der Waals surface area contributed by atoms with Gasteiger partial charge in [0.25, 0.3) is 5.91 Å². The highest BCUT2D eigenvalue weighted by Crippen LogP contribution is 2.07. The predicted octanol–water partition coefficient (Wildman–Crippen LogP) is 2.48. The summed E-state index contributed by atoms with van der Waals surface area (Å²) in [5.41, 5.74) is 2.67. The first-order valence-corrected chi connectivity index (χ1v) is 8.06. The average Bonchev–Trinajstić information content (AvgIpc) is 3.22. The number of aromatic amines is 1. The average molecular weight is 323 g/mol. The number of aromatic nitrogens is 4. The van der Waals surface area contributed by atoms with E-state index < -0.39 is 0 Å². The molecule has 0 bridgehead atoms. The highest BCUT2D eigenvalue weighted by atomic mass is 16.1. The summed E-state index contributed by atoms with van der Waals surface area (Å²) in [5, 5.41) is 9.53. The van der Waals surface area contributed by atoms with Gasteiger partial charge in [-0.3, -0.25) is 9.89 Å². The van der Waals surface area contributed by atoms with Crippen LogP contribution in [0, 0.1) is 6.92 Å². The molecule has 0 fully saturated rings. The van der Waals surface area contributed by atoms with Crippen LogP contribution in [0.5, 0.6) is 0 Å². The Morgan fingerprint density at radius 3 is 2.88 bits per heavy atom. The molecule has 0 aliphatic heterocycles. The fraction of sp³-hybridized carbons (Fsp3) is 0.278. The largest absolute Gasteiger partial charge is 0.345 e. The number of carbonyl (C=O) groups is 1. The van der Waals surface area contributed by atoms with Crippen molar-refractivity contribution in [3.8, 4) is 0 Å². The molecule has 1 aromatic carbocycles.